The fraction of sp³-hybridized carbons (Fsp3) is 0.160. The SMILES string of the molecule is CC(C)(c1ccc(Cl)c(O)c1)c1cnc(SCc2c(F)cccc2Cl)n1-c1ccc(F)cc1. The van der Waals surface area contributed by atoms with Crippen molar-refractivity contribution in [1.29, 1.82) is 0 Å². The summed E-state index contributed by atoms with van der Waals surface area (Å²) in [5, 5.41) is 11.4. The Balaban J connectivity index is 1.80. The zero-order valence-electron chi connectivity index (χ0n) is 17.8. The number of thioether (sulfide) groups is 1. The fourth-order valence-electron chi connectivity index (χ4n) is 3.57. The van der Waals surface area contributed by atoms with E-state index >= 15 is 0 Å². The van der Waals surface area contributed by atoms with Crippen LogP contribution >= 0.6 is 35.0 Å². The lowest BCUT2D eigenvalue weighted by Gasteiger charge is -2.27. The van der Waals surface area contributed by atoms with Crippen molar-refractivity contribution in [2.75, 3.05) is 0 Å². The zero-order valence-corrected chi connectivity index (χ0v) is 20.1. The summed E-state index contributed by atoms with van der Waals surface area (Å²) in [6.07, 6.45) is 1.74. The lowest BCUT2D eigenvalue weighted by Crippen LogP contribution is -2.23. The minimum atomic E-state index is -0.599. The molecular formula is C25H20Cl2F2N2OS. The molecule has 33 heavy (non-hydrogen) atoms. The van der Waals surface area contributed by atoms with Gasteiger partial charge in [-0.2, -0.15) is 0 Å². The standard InChI is InChI=1S/C25H20Cl2F2N2OS/c1-25(2,15-6-11-20(27)22(32)12-15)23-13-30-24(31(23)17-9-7-16(28)8-10-17)33-14-18-19(26)4-3-5-21(18)29/h3-13,32H,14H2,1-2H3. The van der Waals surface area contributed by atoms with E-state index in [0.29, 0.717) is 21.4 Å². The third kappa shape index (κ3) is 4.74. The molecule has 3 nitrogen and oxygen atoms in total. The predicted octanol–water partition coefficient (Wildman–Crippen LogP) is 7.78. The van der Waals surface area contributed by atoms with E-state index in [2.05, 4.69) is 4.98 Å². The van der Waals surface area contributed by atoms with Crippen molar-refractivity contribution in [2.45, 2.75) is 30.2 Å². The van der Waals surface area contributed by atoms with E-state index in [4.69, 9.17) is 23.2 Å². The van der Waals surface area contributed by atoms with Crippen LogP contribution in [0.25, 0.3) is 5.69 Å². The number of hydrogen-bond donors (Lipinski definition) is 1. The van der Waals surface area contributed by atoms with Crippen LogP contribution in [-0.4, -0.2) is 14.7 Å². The average Bonchev–Trinajstić information content (AvgIpc) is 3.20. The zero-order chi connectivity index (χ0) is 23.8. The normalized spacial score (nSPS) is 11.7. The van der Waals surface area contributed by atoms with Crippen LogP contribution in [0.5, 0.6) is 5.75 Å². The molecule has 0 aliphatic heterocycles. The first-order valence-electron chi connectivity index (χ1n) is 10.1. The van der Waals surface area contributed by atoms with Crippen molar-refractivity contribution in [2.24, 2.45) is 0 Å². The molecule has 0 aliphatic carbocycles. The van der Waals surface area contributed by atoms with Crippen LogP contribution in [0.15, 0.2) is 72.0 Å². The lowest BCUT2D eigenvalue weighted by molar-refractivity contribution is 0.472. The van der Waals surface area contributed by atoms with Crippen LogP contribution in [0.2, 0.25) is 10.0 Å². The van der Waals surface area contributed by atoms with Gasteiger partial charge in [0.1, 0.15) is 17.4 Å². The number of aromatic nitrogens is 2. The number of phenolic OH excluding ortho intramolecular Hbond substituents is 1. The summed E-state index contributed by atoms with van der Waals surface area (Å²) in [5.74, 6) is -0.480. The topological polar surface area (TPSA) is 38.1 Å². The van der Waals surface area contributed by atoms with Crippen molar-refractivity contribution >= 4 is 35.0 Å². The summed E-state index contributed by atoms with van der Waals surface area (Å²) in [6.45, 7) is 3.99. The highest BCUT2D eigenvalue weighted by Crippen LogP contribution is 2.39. The second kappa shape index (κ2) is 9.37. The lowest BCUT2D eigenvalue weighted by atomic mass is 9.81. The van der Waals surface area contributed by atoms with E-state index < -0.39 is 5.41 Å². The van der Waals surface area contributed by atoms with Crippen LogP contribution in [0.4, 0.5) is 8.78 Å². The van der Waals surface area contributed by atoms with Gasteiger partial charge < -0.3 is 5.11 Å². The van der Waals surface area contributed by atoms with Gasteiger partial charge in [0, 0.05) is 27.4 Å². The molecule has 0 saturated carbocycles. The van der Waals surface area contributed by atoms with Gasteiger partial charge in [-0.25, -0.2) is 13.8 Å². The Bertz CT molecular complexity index is 1290. The van der Waals surface area contributed by atoms with Crippen molar-refractivity contribution < 1.29 is 13.9 Å². The van der Waals surface area contributed by atoms with Crippen molar-refractivity contribution in [3.63, 3.8) is 0 Å². The highest BCUT2D eigenvalue weighted by Gasteiger charge is 2.30. The smallest absolute Gasteiger partial charge is 0.173 e. The van der Waals surface area contributed by atoms with Crippen LogP contribution in [0, 0.1) is 11.6 Å². The third-order valence-corrected chi connectivity index (χ3v) is 7.18. The maximum Gasteiger partial charge on any atom is 0.173 e. The van der Waals surface area contributed by atoms with Crippen LogP contribution in [-0.2, 0) is 11.2 Å². The van der Waals surface area contributed by atoms with E-state index in [1.165, 1.54) is 30.0 Å². The summed E-state index contributed by atoms with van der Waals surface area (Å²) in [6, 6.07) is 15.8. The minimum Gasteiger partial charge on any atom is -0.506 e. The first-order valence-corrected chi connectivity index (χ1v) is 11.8. The first-order chi connectivity index (χ1) is 15.7. The Labute approximate surface area is 205 Å². The molecular weight excluding hydrogens is 485 g/mol. The van der Waals surface area contributed by atoms with Gasteiger partial charge in [0.05, 0.1) is 16.9 Å². The molecule has 0 aliphatic rings. The Morgan fingerprint density at radius 3 is 2.39 bits per heavy atom. The Morgan fingerprint density at radius 1 is 1.00 bits per heavy atom. The number of rotatable bonds is 6. The number of imidazole rings is 1. The van der Waals surface area contributed by atoms with Crippen LogP contribution in [0.3, 0.4) is 0 Å². The van der Waals surface area contributed by atoms with Gasteiger partial charge in [-0.1, -0.05) is 60.9 Å². The monoisotopic (exact) mass is 504 g/mol. The molecule has 0 unspecified atom stereocenters. The second-order valence-corrected chi connectivity index (χ2v) is 9.77. The third-order valence-electron chi connectivity index (χ3n) is 5.53. The molecule has 1 heterocycles. The van der Waals surface area contributed by atoms with Gasteiger partial charge >= 0.3 is 0 Å². The quantitative estimate of drug-likeness (QED) is 0.272. The molecule has 3 aromatic carbocycles. The van der Waals surface area contributed by atoms with Gasteiger partial charge in [-0.15, -0.1) is 0 Å². The molecule has 0 radical (unpaired) electrons. The number of hydrogen-bond acceptors (Lipinski definition) is 3. The molecule has 4 rings (SSSR count). The average molecular weight is 505 g/mol. The summed E-state index contributed by atoms with van der Waals surface area (Å²) >= 11 is 13.5. The van der Waals surface area contributed by atoms with Gasteiger partial charge in [-0.05, 0) is 54.1 Å². The fourth-order valence-corrected chi connectivity index (χ4v) is 5.03. The predicted molar refractivity (Wildman–Crippen MR) is 130 cm³/mol. The summed E-state index contributed by atoms with van der Waals surface area (Å²) < 4.78 is 29.9. The second-order valence-electron chi connectivity index (χ2n) is 8.02. The number of nitrogens with zero attached hydrogens (tertiary/aromatic N) is 2. The van der Waals surface area contributed by atoms with E-state index in [0.717, 1.165) is 11.3 Å². The highest BCUT2D eigenvalue weighted by atomic mass is 35.5. The molecule has 0 atom stereocenters. The van der Waals surface area contributed by atoms with Gasteiger partial charge in [-0.3, -0.25) is 4.57 Å². The Hall–Kier alpha value is -2.54. The van der Waals surface area contributed by atoms with Crippen LogP contribution < -0.4 is 0 Å². The van der Waals surface area contributed by atoms with Crippen molar-refractivity contribution in [3.8, 4) is 11.4 Å². The molecule has 4 aromatic rings. The van der Waals surface area contributed by atoms with Gasteiger partial charge in [0.25, 0.3) is 0 Å². The van der Waals surface area contributed by atoms with E-state index in [1.54, 1.807) is 42.6 Å². The van der Waals surface area contributed by atoms with Gasteiger partial charge in [0.15, 0.2) is 5.16 Å². The highest BCUT2D eigenvalue weighted by molar-refractivity contribution is 7.98. The molecule has 170 valence electrons. The first kappa shape index (κ1) is 23.6. The molecule has 8 heteroatoms. The number of phenols is 1. The Kier molecular flexibility index (Phi) is 6.71. The molecule has 0 spiro atoms. The van der Waals surface area contributed by atoms with E-state index in [-0.39, 0.29) is 28.2 Å². The van der Waals surface area contributed by atoms with Crippen LogP contribution in [0.1, 0.15) is 30.7 Å². The van der Waals surface area contributed by atoms with Crippen molar-refractivity contribution in [3.05, 3.63) is 105 Å². The van der Waals surface area contributed by atoms with E-state index in [1.807, 2.05) is 24.5 Å². The maximum atomic E-state index is 14.3. The molecule has 0 saturated heterocycles. The number of benzene rings is 3. The maximum absolute atomic E-state index is 14.3. The molecule has 1 aromatic heterocycles. The van der Waals surface area contributed by atoms with Gasteiger partial charge in [0.2, 0.25) is 0 Å². The number of aromatic hydroxyl groups is 1. The minimum absolute atomic E-state index is 0.0149. The molecule has 0 fully saturated rings. The summed E-state index contributed by atoms with van der Waals surface area (Å²) in [5.41, 5.74) is 2.12. The number of halogens is 4. The molecule has 0 amide bonds. The molecule has 1 N–H and O–H groups in total. The Morgan fingerprint density at radius 2 is 1.73 bits per heavy atom. The van der Waals surface area contributed by atoms with E-state index in [9.17, 15) is 13.9 Å². The summed E-state index contributed by atoms with van der Waals surface area (Å²) in [7, 11) is 0. The largest absolute Gasteiger partial charge is 0.506 e. The molecule has 0 bridgehead atoms. The summed E-state index contributed by atoms with van der Waals surface area (Å²) in [4.78, 5) is 4.60. The van der Waals surface area contributed by atoms with Crippen molar-refractivity contribution in [1.82, 2.24) is 9.55 Å².